The summed E-state index contributed by atoms with van der Waals surface area (Å²) in [6.45, 7) is 2.14. The van der Waals surface area contributed by atoms with Crippen LogP contribution in [-0.2, 0) is 11.2 Å². The Hall–Kier alpha value is -1.74. The zero-order valence-electron chi connectivity index (χ0n) is 13.4. The summed E-state index contributed by atoms with van der Waals surface area (Å²) in [6.07, 6.45) is 4.90. The minimum absolute atomic E-state index is 0.344. The van der Waals surface area contributed by atoms with Gasteiger partial charge in [0.25, 0.3) is 0 Å². The standard InChI is InChI=1S/C20H22O2S/c1-2-3-4-9-19(20(21)22)23-16-10-11-18-15(13-16)12-14-7-5-6-8-17(14)18/h5-8,10-11,13,19H,2-4,9,12H2,1H3,(H,21,22). The fourth-order valence-corrected chi connectivity index (χ4v) is 4.24. The molecule has 0 saturated heterocycles. The van der Waals surface area contributed by atoms with E-state index in [1.54, 1.807) is 0 Å². The predicted octanol–water partition coefficient (Wildman–Crippen LogP) is 5.38. The number of carboxylic acids is 1. The average Bonchev–Trinajstić information content (AvgIpc) is 2.91. The molecule has 0 fully saturated rings. The molecule has 1 aliphatic rings. The van der Waals surface area contributed by atoms with E-state index in [1.165, 1.54) is 34.0 Å². The minimum atomic E-state index is -0.699. The molecule has 3 heteroatoms. The van der Waals surface area contributed by atoms with Gasteiger partial charge < -0.3 is 5.11 Å². The summed E-state index contributed by atoms with van der Waals surface area (Å²) in [5, 5.41) is 9.10. The molecule has 1 aliphatic carbocycles. The zero-order chi connectivity index (χ0) is 16.2. The van der Waals surface area contributed by atoms with E-state index < -0.39 is 5.97 Å². The number of hydrogen-bond acceptors (Lipinski definition) is 2. The second kappa shape index (κ2) is 7.22. The number of unbranched alkanes of at least 4 members (excludes halogenated alkanes) is 2. The lowest BCUT2D eigenvalue weighted by atomic mass is 10.1. The van der Waals surface area contributed by atoms with Crippen LogP contribution in [0.5, 0.6) is 0 Å². The summed E-state index contributed by atoms with van der Waals surface area (Å²) < 4.78 is 0. The van der Waals surface area contributed by atoms with E-state index >= 15 is 0 Å². The fraction of sp³-hybridized carbons (Fsp3) is 0.350. The number of carboxylic acid groups (broad SMARTS) is 1. The van der Waals surface area contributed by atoms with Crippen molar-refractivity contribution in [3.8, 4) is 11.1 Å². The van der Waals surface area contributed by atoms with Crippen molar-refractivity contribution in [1.82, 2.24) is 0 Å². The maximum Gasteiger partial charge on any atom is 0.316 e. The van der Waals surface area contributed by atoms with E-state index in [1.807, 2.05) is 0 Å². The first-order valence-corrected chi connectivity index (χ1v) is 9.17. The van der Waals surface area contributed by atoms with Gasteiger partial charge in [0.15, 0.2) is 0 Å². The Labute approximate surface area is 141 Å². The first kappa shape index (κ1) is 16.1. The van der Waals surface area contributed by atoms with Crippen molar-refractivity contribution in [3.05, 3.63) is 53.6 Å². The lowest BCUT2D eigenvalue weighted by Crippen LogP contribution is -2.16. The number of benzene rings is 2. The summed E-state index contributed by atoms with van der Waals surface area (Å²) in [4.78, 5) is 12.6. The van der Waals surface area contributed by atoms with Gasteiger partial charge in [-0.1, -0.05) is 56.5 Å². The van der Waals surface area contributed by atoms with E-state index in [9.17, 15) is 9.90 Å². The number of rotatable bonds is 7. The molecule has 0 amide bonds. The summed E-state index contributed by atoms with van der Waals surface area (Å²) >= 11 is 1.49. The second-order valence-electron chi connectivity index (χ2n) is 6.09. The molecule has 0 saturated carbocycles. The molecule has 0 aliphatic heterocycles. The quantitative estimate of drug-likeness (QED) is 0.467. The monoisotopic (exact) mass is 326 g/mol. The van der Waals surface area contributed by atoms with Gasteiger partial charge >= 0.3 is 5.97 Å². The molecule has 2 aromatic carbocycles. The lowest BCUT2D eigenvalue weighted by molar-refractivity contribution is -0.136. The van der Waals surface area contributed by atoms with Crippen molar-refractivity contribution >= 4 is 17.7 Å². The third-order valence-corrected chi connectivity index (χ3v) is 5.64. The van der Waals surface area contributed by atoms with Crippen LogP contribution in [-0.4, -0.2) is 16.3 Å². The fourth-order valence-electron chi connectivity index (χ4n) is 3.17. The van der Waals surface area contributed by atoms with Crippen LogP contribution in [0, 0.1) is 0 Å². The Morgan fingerprint density at radius 1 is 1.13 bits per heavy atom. The maximum atomic E-state index is 11.5. The molecule has 2 nitrogen and oxygen atoms in total. The van der Waals surface area contributed by atoms with E-state index in [0.717, 1.165) is 37.0 Å². The first-order valence-electron chi connectivity index (χ1n) is 8.29. The van der Waals surface area contributed by atoms with Gasteiger partial charge in [0.05, 0.1) is 0 Å². The zero-order valence-corrected chi connectivity index (χ0v) is 14.2. The third-order valence-electron chi connectivity index (χ3n) is 4.39. The number of hydrogen-bond donors (Lipinski definition) is 1. The van der Waals surface area contributed by atoms with Gasteiger partial charge in [-0.15, -0.1) is 11.8 Å². The molecular formula is C20H22O2S. The van der Waals surface area contributed by atoms with Gasteiger partial charge in [-0.05, 0) is 47.2 Å². The maximum absolute atomic E-state index is 11.5. The molecule has 0 spiro atoms. The summed E-state index contributed by atoms with van der Waals surface area (Å²) in [7, 11) is 0. The van der Waals surface area contributed by atoms with Gasteiger partial charge in [0.2, 0.25) is 0 Å². The van der Waals surface area contributed by atoms with Crippen LogP contribution >= 0.6 is 11.8 Å². The molecular weight excluding hydrogens is 304 g/mol. The molecule has 3 rings (SSSR count). The number of carbonyl (C=O) groups is 1. The topological polar surface area (TPSA) is 37.3 Å². The Bertz CT molecular complexity index is 709. The van der Waals surface area contributed by atoms with Crippen LogP contribution in [0.3, 0.4) is 0 Å². The average molecular weight is 326 g/mol. The van der Waals surface area contributed by atoms with Crippen molar-refractivity contribution in [2.75, 3.05) is 0 Å². The summed E-state index contributed by atoms with van der Waals surface area (Å²) in [5.41, 5.74) is 5.29. The Kier molecular flexibility index (Phi) is 5.06. The molecule has 0 aromatic heterocycles. The third kappa shape index (κ3) is 3.61. The highest BCUT2D eigenvalue weighted by atomic mass is 32.2. The van der Waals surface area contributed by atoms with E-state index in [2.05, 4.69) is 49.4 Å². The van der Waals surface area contributed by atoms with Crippen LogP contribution in [0.4, 0.5) is 0 Å². The number of fused-ring (bicyclic) bond motifs is 3. The largest absolute Gasteiger partial charge is 0.480 e. The van der Waals surface area contributed by atoms with Crippen molar-refractivity contribution in [3.63, 3.8) is 0 Å². The highest BCUT2D eigenvalue weighted by molar-refractivity contribution is 8.00. The van der Waals surface area contributed by atoms with Crippen LogP contribution < -0.4 is 0 Å². The summed E-state index contributed by atoms with van der Waals surface area (Å²) in [6, 6.07) is 14.9. The van der Waals surface area contributed by atoms with E-state index in [0.29, 0.717) is 0 Å². The Morgan fingerprint density at radius 2 is 1.91 bits per heavy atom. The van der Waals surface area contributed by atoms with Crippen LogP contribution in [0.25, 0.3) is 11.1 Å². The highest BCUT2D eigenvalue weighted by Crippen LogP contribution is 2.39. The Morgan fingerprint density at radius 3 is 2.70 bits per heavy atom. The molecule has 2 aromatic rings. The van der Waals surface area contributed by atoms with E-state index in [-0.39, 0.29) is 5.25 Å². The lowest BCUT2D eigenvalue weighted by Gasteiger charge is -2.12. The highest BCUT2D eigenvalue weighted by Gasteiger charge is 2.21. The van der Waals surface area contributed by atoms with Gasteiger partial charge in [0.1, 0.15) is 5.25 Å². The molecule has 0 bridgehead atoms. The second-order valence-corrected chi connectivity index (χ2v) is 7.37. The predicted molar refractivity (Wildman–Crippen MR) is 96.1 cm³/mol. The molecule has 0 radical (unpaired) electrons. The van der Waals surface area contributed by atoms with Crippen molar-refractivity contribution in [1.29, 1.82) is 0 Å². The smallest absolute Gasteiger partial charge is 0.316 e. The first-order chi connectivity index (χ1) is 11.2. The molecule has 23 heavy (non-hydrogen) atoms. The molecule has 120 valence electrons. The molecule has 1 unspecified atom stereocenters. The Balaban J connectivity index is 1.75. The van der Waals surface area contributed by atoms with Crippen molar-refractivity contribution < 1.29 is 9.90 Å². The number of thioether (sulfide) groups is 1. The van der Waals surface area contributed by atoms with Crippen LogP contribution in [0.2, 0.25) is 0 Å². The SMILES string of the molecule is CCCCCC(Sc1ccc2c(c1)Cc1ccccc1-2)C(=O)O. The van der Waals surface area contributed by atoms with E-state index in [4.69, 9.17) is 0 Å². The van der Waals surface area contributed by atoms with Crippen molar-refractivity contribution in [2.45, 2.75) is 49.2 Å². The number of aliphatic carboxylic acids is 1. The summed E-state index contributed by atoms with van der Waals surface area (Å²) in [5.74, 6) is -0.699. The van der Waals surface area contributed by atoms with Crippen LogP contribution in [0.1, 0.15) is 43.7 Å². The van der Waals surface area contributed by atoms with Gasteiger partial charge in [0, 0.05) is 4.90 Å². The minimum Gasteiger partial charge on any atom is -0.480 e. The van der Waals surface area contributed by atoms with Gasteiger partial charge in [-0.25, -0.2) is 0 Å². The molecule has 0 heterocycles. The normalized spacial score (nSPS) is 13.4. The van der Waals surface area contributed by atoms with Crippen LogP contribution in [0.15, 0.2) is 47.4 Å². The van der Waals surface area contributed by atoms with Crippen molar-refractivity contribution in [2.24, 2.45) is 0 Å². The molecule has 1 atom stereocenters. The van der Waals surface area contributed by atoms with Gasteiger partial charge in [-0.3, -0.25) is 4.79 Å². The molecule has 1 N–H and O–H groups in total. The van der Waals surface area contributed by atoms with Gasteiger partial charge in [-0.2, -0.15) is 0 Å².